The summed E-state index contributed by atoms with van der Waals surface area (Å²) in [6.07, 6.45) is 4.77. The predicted octanol–water partition coefficient (Wildman–Crippen LogP) is 3.82. The van der Waals surface area contributed by atoms with Crippen LogP contribution in [0, 0.1) is 0 Å². The third-order valence-corrected chi connectivity index (χ3v) is 5.59. The van der Waals surface area contributed by atoms with Gasteiger partial charge in [0.15, 0.2) is 0 Å². The predicted molar refractivity (Wildman–Crippen MR) is 137 cm³/mol. The molecule has 6 N–H and O–H groups in total. The highest BCUT2D eigenvalue weighted by Crippen LogP contribution is 2.18. The fourth-order valence-electron chi connectivity index (χ4n) is 3.46. The summed E-state index contributed by atoms with van der Waals surface area (Å²) in [4.78, 5) is 48.2. The number of imide groups is 2. The van der Waals surface area contributed by atoms with Crippen LogP contribution in [0.2, 0.25) is 0 Å². The molecule has 0 saturated carbocycles. The van der Waals surface area contributed by atoms with Crippen molar-refractivity contribution in [3.63, 3.8) is 0 Å². The minimum Gasteiger partial charge on any atom is -0.507 e. The van der Waals surface area contributed by atoms with Crippen LogP contribution in [0.25, 0.3) is 0 Å². The lowest BCUT2D eigenvalue weighted by Crippen LogP contribution is -2.43. The van der Waals surface area contributed by atoms with E-state index in [0.717, 1.165) is 38.5 Å². The van der Waals surface area contributed by atoms with Crippen LogP contribution in [-0.4, -0.2) is 57.4 Å². The number of nitrogens with two attached hydrogens (primary N) is 2. The second-order valence-corrected chi connectivity index (χ2v) is 8.44. The second kappa shape index (κ2) is 15.8. The molecule has 206 valence electrons. The molecule has 2 aromatic rings. The van der Waals surface area contributed by atoms with Gasteiger partial charge < -0.3 is 19.7 Å². The van der Waals surface area contributed by atoms with E-state index in [9.17, 15) is 29.4 Å². The number of hydrazine groups is 2. The molecule has 38 heavy (non-hydrogen) atoms. The van der Waals surface area contributed by atoms with E-state index in [1.54, 1.807) is 24.3 Å². The van der Waals surface area contributed by atoms with E-state index in [1.807, 2.05) is 0 Å². The molecule has 12 heteroatoms. The van der Waals surface area contributed by atoms with Gasteiger partial charge in [0.25, 0.3) is 11.8 Å². The highest BCUT2D eigenvalue weighted by molar-refractivity contribution is 6.04. The van der Waals surface area contributed by atoms with E-state index in [1.165, 1.54) is 24.3 Å². The number of rotatable bonds is 13. The topological polar surface area (TPSA) is 186 Å². The Labute approximate surface area is 220 Å². The minimum atomic E-state index is -0.987. The van der Waals surface area contributed by atoms with Crippen molar-refractivity contribution in [1.29, 1.82) is 0 Å². The van der Waals surface area contributed by atoms with Crippen LogP contribution in [0.5, 0.6) is 11.5 Å². The third kappa shape index (κ3) is 9.37. The number of para-hydroxylation sites is 2. The number of nitrogens with zero attached hydrogens (tertiary/aromatic N) is 2. The number of carbonyl (C=O) groups is 4. The SMILES string of the molecule is NN(C(=O)OCCCCCCCCCCOC(=O)N(N)C(=O)c1ccccc1O)C(=O)c1ccccc1O. The maximum Gasteiger partial charge on any atom is 0.431 e. The van der Waals surface area contributed by atoms with Crippen molar-refractivity contribution >= 4 is 24.0 Å². The first kappa shape index (κ1) is 30.1. The van der Waals surface area contributed by atoms with Crippen molar-refractivity contribution < 1.29 is 38.9 Å². The Morgan fingerprint density at radius 2 is 0.895 bits per heavy atom. The van der Waals surface area contributed by atoms with Gasteiger partial charge >= 0.3 is 12.2 Å². The average Bonchev–Trinajstić information content (AvgIpc) is 2.92. The summed E-state index contributed by atoms with van der Waals surface area (Å²) in [6, 6.07) is 11.5. The molecule has 0 aliphatic heterocycles. The van der Waals surface area contributed by atoms with Gasteiger partial charge in [0.1, 0.15) is 11.5 Å². The molecule has 12 nitrogen and oxygen atoms in total. The van der Waals surface area contributed by atoms with Gasteiger partial charge in [-0.2, -0.15) is 10.0 Å². The fourth-order valence-corrected chi connectivity index (χ4v) is 3.46. The van der Waals surface area contributed by atoms with E-state index >= 15 is 0 Å². The largest absolute Gasteiger partial charge is 0.507 e. The quantitative estimate of drug-likeness (QED) is 0.128. The summed E-state index contributed by atoms with van der Waals surface area (Å²) in [5.41, 5.74) is -0.184. The zero-order valence-electron chi connectivity index (χ0n) is 21.1. The van der Waals surface area contributed by atoms with E-state index in [2.05, 4.69) is 0 Å². The summed E-state index contributed by atoms with van der Waals surface area (Å²) in [6.45, 7) is 0.243. The summed E-state index contributed by atoms with van der Waals surface area (Å²) < 4.78 is 10.0. The van der Waals surface area contributed by atoms with Gasteiger partial charge in [0.05, 0.1) is 24.3 Å². The molecule has 0 unspecified atom stereocenters. The summed E-state index contributed by atoms with van der Waals surface area (Å²) in [5.74, 6) is 8.74. The maximum atomic E-state index is 12.1. The highest BCUT2D eigenvalue weighted by Gasteiger charge is 2.24. The molecule has 0 atom stereocenters. The Kier molecular flexibility index (Phi) is 12.5. The Bertz CT molecular complexity index is 1010. The Morgan fingerprint density at radius 3 is 1.24 bits per heavy atom. The molecule has 2 aromatic carbocycles. The molecule has 2 rings (SSSR count). The molecule has 0 spiro atoms. The molecular formula is C26H34N4O8. The number of phenols is 2. The standard InChI is InChI=1S/C26H34N4O8/c27-29(23(33)19-13-7-9-15-21(19)31)25(35)37-17-11-5-3-1-2-4-6-12-18-38-26(36)30(28)24(34)20-14-8-10-16-22(20)32/h7-10,13-16,31-32H,1-6,11-12,17-18,27-28H2. The van der Waals surface area contributed by atoms with E-state index < -0.39 is 24.0 Å². The molecule has 0 heterocycles. The zero-order valence-corrected chi connectivity index (χ0v) is 21.1. The van der Waals surface area contributed by atoms with Crippen molar-refractivity contribution in [2.75, 3.05) is 13.2 Å². The lowest BCUT2D eigenvalue weighted by molar-refractivity contribution is 0.0638. The Hall–Kier alpha value is -4.16. The van der Waals surface area contributed by atoms with Crippen molar-refractivity contribution in [2.24, 2.45) is 11.7 Å². The summed E-state index contributed by atoms with van der Waals surface area (Å²) in [7, 11) is 0. The van der Waals surface area contributed by atoms with Gasteiger partial charge in [-0.1, -0.05) is 62.8 Å². The molecule has 0 aromatic heterocycles. The average molecular weight is 531 g/mol. The first-order valence-electron chi connectivity index (χ1n) is 12.3. The number of phenolic OH excluding ortho intramolecular Hbond substituents is 2. The van der Waals surface area contributed by atoms with Gasteiger partial charge in [-0.25, -0.2) is 21.3 Å². The van der Waals surface area contributed by atoms with Gasteiger partial charge in [-0.05, 0) is 37.1 Å². The molecule has 0 saturated heterocycles. The van der Waals surface area contributed by atoms with Gasteiger partial charge in [0.2, 0.25) is 0 Å². The molecular weight excluding hydrogens is 496 g/mol. The number of amides is 4. The number of ether oxygens (including phenoxy) is 2. The first-order valence-corrected chi connectivity index (χ1v) is 12.3. The lowest BCUT2D eigenvalue weighted by atomic mass is 10.1. The number of hydrogen-bond acceptors (Lipinski definition) is 10. The summed E-state index contributed by atoms with van der Waals surface area (Å²) in [5, 5.41) is 20.1. The second-order valence-electron chi connectivity index (χ2n) is 8.44. The smallest absolute Gasteiger partial charge is 0.431 e. The molecule has 4 amide bonds. The van der Waals surface area contributed by atoms with Gasteiger partial charge in [-0.15, -0.1) is 0 Å². The van der Waals surface area contributed by atoms with E-state index in [0.29, 0.717) is 22.9 Å². The number of hydrogen-bond donors (Lipinski definition) is 4. The molecule has 0 fully saturated rings. The Morgan fingerprint density at radius 1 is 0.579 bits per heavy atom. The van der Waals surface area contributed by atoms with Crippen LogP contribution in [0.15, 0.2) is 48.5 Å². The molecule has 0 bridgehead atoms. The van der Waals surface area contributed by atoms with Crippen molar-refractivity contribution in [3.8, 4) is 11.5 Å². The van der Waals surface area contributed by atoms with E-state index in [-0.39, 0.29) is 35.8 Å². The highest BCUT2D eigenvalue weighted by atomic mass is 16.6. The van der Waals surface area contributed by atoms with Gasteiger partial charge in [0, 0.05) is 0 Å². The van der Waals surface area contributed by atoms with Crippen LogP contribution in [0.1, 0.15) is 72.1 Å². The van der Waals surface area contributed by atoms with Gasteiger partial charge in [-0.3, -0.25) is 9.59 Å². The molecule has 0 aliphatic rings. The van der Waals surface area contributed by atoms with Crippen molar-refractivity contribution in [2.45, 2.75) is 51.4 Å². The monoisotopic (exact) mass is 530 g/mol. The van der Waals surface area contributed by atoms with Crippen molar-refractivity contribution in [3.05, 3.63) is 59.7 Å². The maximum absolute atomic E-state index is 12.1. The first-order chi connectivity index (χ1) is 18.2. The number of benzene rings is 2. The van der Waals surface area contributed by atoms with Crippen LogP contribution >= 0.6 is 0 Å². The van der Waals surface area contributed by atoms with Crippen LogP contribution in [0.4, 0.5) is 9.59 Å². The Balaban J connectivity index is 1.47. The van der Waals surface area contributed by atoms with Crippen LogP contribution in [0.3, 0.4) is 0 Å². The lowest BCUT2D eigenvalue weighted by Gasteiger charge is -2.15. The van der Waals surface area contributed by atoms with E-state index in [4.69, 9.17) is 21.2 Å². The summed E-state index contributed by atoms with van der Waals surface area (Å²) >= 11 is 0. The zero-order chi connectivity index (χ0) is 27.9. The molecule has 0 radical (unpaired) electrons. The van der Waals surface area contributed by atoms with Crippen molar-refractivity contribution in [1.82, 2.24) is 10.0 Å². The fraction of sp³-hybridized carbons (Fsp3) is 0.385. The number of aromatic hydroxyl groups is 2. The minimum absolute atomic E-state index is 0.0919. The number of unbranched alkanes of at least 4 members (excludes halogenated alkanes) is 7. The van der Waals surface area contributed by atoms with Crippen LogP contribution in [-0.2, 0) is 9.47 Å². The third-order valence-electron chi connectivity index (χ3n) is 5.59. The molecule has 0 aliphatic carbocycles. The van der Waals surface area contributed by atoms with Crippen LogP contribution < -0.4 is 11.7 Å². The normalized spacial score (nSPS) is 10.5. The number of carbonyl (C=O) groups excluding carboxylic acids is 4.